The molecule has 4 nitrogen and oxygen atoms in total. The lowest BCUT2D eigenvalue weighted by Gasteiger charge is -2.43. The molecule has 1 aliphatic heterocycles. The molecule has 4 fully saturated rings. The summed E-state index contributed by atoms with van der Waals surface area (Å²) in [6, 6.07) is 1.45. The summed E-state index contributed by atoms with van der Waals surface area (Å²) in [5, 5.41) is 7.37. The number of hydrogen-bond donors (Lipinski definition) is 2. The fourth-order valence-corrected chi connectivity index (χ4v) is 4.62. The molecule has 0 aromatic rings. The molecule has 0 spiro atoms. The summed E-state index contributed by atoms with van der Waals surface area (Å²) in [5.41, 5.74) is 0.610. The Morgan fingerprint density at radius 3 is 2.50 bits per heavy atom. The van der Waals surface area contributed by atoms with Crippen LogP contribution >= 0.6 is 0 Å². The number of nitrogens with one attached hydrogen (secondary N) is 2. The van der Waals surface area contributed by atoms with Crippen molar-refractivity contribution in [3.63, 3.8) is 0 Å². The van der Waals surface area contributed by atoms with Gasteiger partial charge in [-0.25, -0.2) is 0 Å². The van der Waals surface area contributed by atoms with Gasteiger partial charge in [0.25, 0.3) is 0 Å². The first-order valence-electron chi connectivity index (χ1n) is 9.41. The summed E-state index contributed by atoms with van der Waals surface area (Å²) >= 11 is 0. The highest BCUT2D eigenvalue weighted by atomic mass is 15.3. The highest BCUT2D eigenvalue weighted by Gasteiger charge is 2.49. The van der Waals surface area contributed by atoms with Crippen molar-refractivity contribution in [1.29, 1.82) is 0 Å². The molecule has 0 amide bonds. The van der Waals surface area contributed by atoms with Gasteiger partial charge in [0, 0.05) is 38.8 Å². The molecular weight excluding hydrogens is 272 g/mol. The van der Waals surface area contributed by atoms with Crippen molar-refractivity contribution in [1.82, 2.24) is 15.5 Å². The van der Waals surface area contributed by atoms with Crippen molar-refractivity contribution in [3.05, 3.63) is 0 Å². The van der Waals surface area contributed by atoms with E-state index in [1.807, 2.05) is 7.05 Å². The van der Waals surface area contributed by atoms with Gasteiger partial charge in [-0.15, -0.1) is 0 Å². The van der Waals surface area contributed by atoms with Gasteiger partial charge in [-0.05, 0) is 55.8 Å². The monoisotopic (exact) mass is 304 g/mol. The minimum absolute atomic E-state index is 0.560. The van der Waals surface area contributed by atoms with E-state index < -0.39 is 0 Å². The first-order chi connectivity index (χ1) is 10.7. The van der Waals surface area contributed by atoms with E-state index in [1.54, 1.807) is 0 Å². The van der Waals surface area contributed by atoms with Crippen LogP contribution in [0.25, 0.3) is 0 Å². The lowest BCUT2D eigenvalue weighted by molar-refractivity contribution is 0.105. The van der Waals surface area contributed by atoms with Crippen LogP contribution in [0.1, 0.15) is 51.9 Å². The Kier molecular flexibility index (Phi) is 3.83. The van der Waals surface area contributed by atoms with E-state index >= 15 is 0 Å². The molecular formula is C18H32N4. The van der Waals surface area contributed by atoms with E-state index in [1.165, 1.54) is 58.0 Å². The van der Waals surface area contributed by atoms with Gasteiger partial charge in [-0.2, -0.15) is 0 Å². The van der Waals surface area contributed by atoms with Crippen molar-refractivity contribution < 1.29 is 0 Å². The van der Waals surface area contributed by atoms with E-state index in [-0.39, 0.29) is 0 Å². The molecule has 0 aromatic carbocycles. The van der Waals surface area contributed by atoms with Crippen LogP contribution in [-0.4, -0.2) is 49.6 Å². The Labute approximate surface area is 135 Å². The minimum atomic E-state index is 0.560. The third-order valence-electron chi connectivity index (χ3n) is 6.65. The van der Waals surface area contributed by atoms with Gasteiger partial charge in [0.1, 0.15) is 0 Å². The second-order valence-electron chi connectivity index (χ2n) is 8.33. The molecule has 22 heavy (non-hydrogen) atoms. The predicted molar refractivity (Wildman–Crippen MR) is 91.1 cm³/mol. The molecule has 2 atom stereocenters. The zero-order valence-electron chi connectivity index (χ0n) is 14.3. The zero-order chi connectivity index (χ0) is 15.2. The average Bonchev–Trinajstić information content (AvgIpc) is 3.35. The van der Waals surface area contributed by atoms with E-state index in [4.69, 9.17) is 0 Å². The minimum Gasteiger partial charge on any atom is -0.356 e. The van der Waals surface area contributed by atoms with Crippen LogP contribution < -0.4 is 10.6 Å². The third kappa shape index (κ3) is 2.86. The van der Waals surface area contributed by atoms with E-state index in [0.717, 1.165) is 30.4 Å². The first-order valence-corrected chi connectivity index (χ1v) is 9.41. The molecule has 3 saturated carbocycles. The topological polar surface area (TPSA) is 39.7 Å². The van der Waals surface area contributed by atoms with E-state index in [0.29, 0.717) is 11.5 Å². The molecule has 1 saturated heterocycles. The number of hydrogen-bond acceptors (Lipinski definition) is 2. The van der Waals surface area contributed by atoms with Gasteiger partial charge >= 0.3 is 0 Å². The van der Waals surface area contributed by atoms with Crippen LogP contribution in [0.2, 0.25) is 0 Å². The fraction of sp³-hybridized carbons (Fsp3) is 0.944. The molecule has 0 bridgehead atoms. The van der Waals surface area contributed by atoms with Crippen LogP contribution in [0.5, 0.6) is 0 Å². The van der Waals surface area contributed by atoms with Gasteiger partial charge in [0.15, 0.2) is 5.96 Å². The van der Waals surface area contributed by atoms with Crippen molar-refractivity contribution in [2.75, 3.05) is 26.7 Å². The van der Waals surface area contributed by atoms with E-state index in [2.05, 4.69) is 27.4 Å². The van der Waals surface area contributed by atoms with Gasteiger partial charge in [0.05, 0.1) is 0 Å². The van der Waals surface area contributed by atoms with Gasteiger partial charge in [0.2, 0.25) is 0 Å². The maximum atomic E-state index is 4.49. The highest BCUT2D eigenvalue weighted by Crippen LogP contribution is 2.56. The van der Waals surface area contributed by atoms with Gasteiger partial charge in [-0.3, -0.25) is 9.89 Å². The van der Waals surface area contributed by atoms with Crippen LogP contribution in [-0.2, 0) is 0 Å². The van der Waals surface area contributed by atoms with E-state index in [9.17, 15) is 0 Å². The number of rotatable bonds is 5. The third-order valence-corrected chi connectivity index (χ3v) is 6.65. The average molecular weight is 304 g/mol. The van der Waals surface area contributed by atoms with Crippen molar-refractivity contribution in [2.24, 2.45) is 22.2 Å². The smallest absolute Gasteiger partial charge is 0.191 e. The number of nitrogens with zero attached hydrogens (tertiary/aromatic N) is 2. The molecule has 4 heteroatoms. The maximum Gasteiger partial charge on any atom is 0.191 e. The summed E-state index contributed by atoms with van der Waals surface area (Å²) in [4.78, 5) is 7.16. The summed E-state index contributed by atoms with van der Waals surface area (Å²) < 4.78 is 0. The van der Waals surface area contributed by atoms with Gasteiger partial charge < -0.3 is 10.6 Å². The quantitative estimate of drug-likeness (QED) is 0.604. The Morgan fingerprint density at radius 1 is 1.18 bits per heavy atom. The first kappa shape index (κ1) is 14.8. The lowest BCUT2D eigenvalue weighted by atomic mass is 9.65. The SMILES string of the molecule is CN=C(NCC1(C2CC2)CCC1)NC1CN(C2CC2)CC1C. The molecule has 1 heterocycles. The second-order valence-corrected chi connectivity index (χ2v) is 8.33. The van der Waals surface area contributed by atoms with Crippen LogP contribution in [0.4, 0.5) is 0 Å². The molecule has 0 radical (unpaired) electrons. The predicted octanol–water partition coefficient (Wildman–Crippen LogP) is 2.21. The number of likely N-dealkylation sites (tertiary alicyclic amines) is 1. The second kappa shape index (κ2) is 5.70. The Morgan fingerprint density at radius 2 is 1.95 bits per heavy atom. The summed E-state index contributed by atoms with van der Waals surface area (Å²) in [7, 11) is 1.91. The lowest BCUT2D eigenvalue weighted by Crippen LogP contribution is -2.51. The van der Waals surface area contributed by atoms with Crippen LogP contribution in [0, 0.1) is 17.3 Å². The summed E-state index contributed by atoms with van der Waals surface area (Å²) in [6.45, 7) is 5.96. The molecule has 124 valence electrons. The largest absolute Gasteiger partial charge is 0.356 e. The fourth-order valence-electron chi connectivity index (χ4n) is 4.62. The molecule has 2 unspecified atom stereocenters. The van der Waals surface area contributed by atoms with Crippen molar-refractivity contribution >= 4 is 5.96 Å². The Balaban J connectivity index is 1.29. The normalized spacial score (nSPS) is 35.3. The molecule has 0 aromatic heterocycles. The number of guanidine groups is 1. The maximum absolute atomic E-state index is 4.49. The molecule has 2 N–H and O–H groups in total. The van der Waals surface area contributed by atoms with Crippen molar-refractivity contribution in [2.45, 2.75) is 64.0 Å². The summed E-state index contributed by atoms with van der Waals surface area (Å²) in [6.07, 6.45) is 10.0. The highest BCUT2D eigenvalue weighted by molar-refractivity contribution is 5.80. The standard InChI is InChI=1S/C18H32N4/c1-13-10-22(15-6-7-15)11-16(13)21-17(19-2)20-12-18(8-3-9-18)14-4-5-14/h13-16H,3-12H2,1-2H3,(H2,19,20,21). The summed E-state index contributed by atoms with van der Waals surface area (Å²) in [5.74, 6) is 2.75. The Bertz CT molecular complexity index is 434. The molecule has 4 rings (SSSR count). The number of aliphatic imine (C=N–C) groups is 1. The zero-order valence-corrected chi connectivity index (χ0v) is 14.3. The van der Waals surface area contributed by atoms with Gasteiger partial charge in [-0.1, -0.05) is 13.3 Å². The Hall–Kier alpha value is -0.770. The molecule has 4 aliphatic rings. The molecule has 3 aliphatic carbocycles. The van der Waals surface area contributed by atoms with Crippen LogP contribution in [0.15, 0.2) is 4.99 Å². The van der Waals surface area contributed by atoms with Crippen molar-refractivity contribution in [3.8, 4) is 0 Å². The van der Waals surface area contributed by atoms with Crippen LogP contribution in [0.3, 0.4) is 0 Å².